The van der Waals surface area contributed by atoms with E-state index in [0.29, 0.717) is 45.1 Å². The van der Waals surface area contributed by atoms with Gasteiger partial charge in [-0.25, -0.2) is 4.79 Å². The molecule has 1 aromatic carbocycles. The minimum absolute atomic E-state index is 0.00750. The van der Waals surface area contributed by atoms with Crippen LogP contribution in [0, 0.1) is 12.8 Å². The zero-order valence-electron chi connectivity index (χ0n) is 16.9. The lowest BCUT2D eigenvalue weighted by Crippen LogP contribution is -2.61. The van der Waals surface area contributed by atoms with Crippen molar-refractivity contribution < 1.29 is 14.3 Å². The first-order valence-corrected chi connectivity index (χ1v) is 9.81. The number of hydrogen-bond donors (Lipinski definition) is 0. The highest BCUT2D eigenvalue weighted by atomic mass is 16.5. The molecule has 6 nitrogen and oxygen atoms in total. The third-order valence-electron chi connectivity index (χ3n) is 5.40. The molecule has 0 aromatic heterocycles. The number of carbonyl (C=O) groups is 2. The van der Waals surface area contributed by atoms with Gasteiger partial charge in [0.2, 0.25) is 5.91 Å². The Kier molecular flexibility index (Phi) is 6.05. The molecule has 0 spiro atoms. The maximum Gasteiger partial charge on any atom is 0.321 e. The molecule has 0 radical (unpaired) electrons. The van der Waals surface area contributed by atoms with Gasteiger partial charge < -0.3 is 19.4 Å². The second-order valence-corrected chi connectivity index (χ2v) is 8.14. The summed E-state index contributed by atoms with van der Waals surface area (Å²) < 4.78 is 5.17. The quantitative estimate of drug-likeness (QED) is 0.738. The first-order valence-electron chi connectivity index (χ1n) is 9.81. The molecule has 27 heavy (non-hydrogen) atoms. The Morgan fingerprint density at radius 1 is 1.19 bits per heavy atom. The maximum atomic E-state index is 13.1. The molecule has 3 rings (SSSR count). The number of carbonyl (C=O) groups excluding carboxylic acids is 2. The van der Waals surface area contributed by atoms with Gasteiger partial charge in [-0.3, -0.25) is 4.79 Å². The first kappa shape index (κ1) is 19.7. The van der Waals surface area contributed by atoms with E-state index in [9.17, 15) is 9.59 Å². The van der Waals surface area contributed by atoms with E-state index in [2.05, 4.69) is 39.0 Å². The van der Waals surface area contributed by atoms with E-state index in [1.54, 1.807) is 7.11 Å². The zero-order valence-corrected chi connectivity index (χ0v) is 16.9. The van der Waals surface area contributed by atoms with Crippen molar-refractivity contribution in [2.24, 2.45) is 5.92 Å². The van der Waals surface area contributed by atoms with Crippen molar-refractivity contribution in [2.75, 3.05) is 33.4 Å². The number of hydrogen-bond acceptors (Lipinski definition) is 3. The molecule has 2 atom stereocenters. The summed E-state index contributed by atoms with van der Waals surface area (Å²) >= 11 is 0. The molecule has 2 fully saturated rings. The SMILES string of the molecule is COCCN1C[C@H]2CN(Cc3cccc(C)c3)C(=O)N2[C@@H](CC(C)C)C1=O. The number of nitrogens with zero attached hydrogens (tertiary/aromatic N) is 3. The Balaban J connectivity index is 1.79. The number of urea groups is 1. The lowest BCUT2D eigenvalue weighted by Gasteiger charge is -2.42. The van der Waals surface area contributed by atoms with Crippen LogP contribution in [0.1, 0.15) is 31.4 Å². The lowest BCUT2D eigenvalue weighted by molar-refractivity contribution is -0.143. The average molecular weight is 373 g/mol. The van der Waals surface area contributed by atoms with Crippen LogP contribution in [0.15, 0.2) is 24.3 Å². The van der Waals surface area contributed by atoms with Crippen LogP contribution >= 0.6 is 0 Å². The highest BCUT2D eigenvalue weighted by Gasteiger charge is 2.49. The van der Waals surface area contributed by atoms with Crippen LogP contribution in [0.3, 0.4) is 0 Å². The molecule has 0 bridgehead atoms. The van der Waals surface area contributed by atoms with Crippen molar-refractivity contribution in [1.82, 2.24) is 14.7 Å². The van der Waals surface area contributed by atoms with Gasteiger partial charge in [-0.15, -0.1) is 0 Å². The summed E-state index contributed by atoms with van der Waals surface area (Å²) in [6.45, 7) is 9.21. The second kappa shape index (κ2) is 8.30. The van der Waals surface area contributed by atoms with Gasteiger partial charge in [-0.1, -0.05) is 43.7 Å². The van der Waals surface area contributed by atoms with Crippen LogP contribution in [0.4, 0.5) is 4.79 Å². The van der Waals surface area contributed by atoms with Crippen molar-refractivity contribution >= 4 is 11.9 Å². The predicted molar refractivity (Wildman–Crippen MR) is 104 cm³/mol. The molecule has 2 heterocycles. The van der Waals surface area contributed by atoms with Gasteiger partial charge in [0.1, 0.15) is 6.04 Å². The first-order chi connectivity index (χ1) is 12.9. The highest BCUT2D eigenvalue weighted by molar-refractivity contribution is 5.90. The third-order valence-corrected chi connectivity index (χ3v) is 5.40. The number of piperazine rings is 1. The highest BCUT2D eigenvalue weighted by Crippen LogP contribution is 2.30. The van der Waals surface area contributed by atoms with Gasteiger partial charge >= 0.3 is 6.03 Å². The van der Waals surface area contributed by atoms with Crippen molar-refractivity contribution in [3.05, 3.63) is 35.4 Å². The van der Waals surface area contributed by atoms with Crippen molar-refractivity contribution in [3.63, 3.8) is 0 Å². The molecule has 0 unspecified atom stereocenters. The Morgan fingerprint density at radius 3 is 2.59 bits per heavy atom. The van der Waals surface area contributed by atoms with Crippen LogP contribution in [-0.2, 0) is 16.1 Å². The smallest absolute Gasteiger partial charge is 0.321 e. The normalized spacial score (nSPS) is 22.8. The van der Waals surface area contributed by atoms with Crippen LogP contribution in [0.5, 0.6) is 0 Å². The van der Waals surface area contributed by atoms with Gasteiger partial charge in [0.05, 0.1) is 12.6 Å². The monoisotopic (exact) mass is 373 g/mol. The summed E-state index contributed by atoms with van der Waals surface area (Å²) in [5.41, 5.74) is 2.32. The van der Waals surface area contributed by atoms with E-state index in [-0.39, 0.29) is 24.0 Å². The fourth-order valence-corrected chi connectivity index (χ4v) is 4.17. The number of benzene rings is 1. The molecule has 148 valence electrons. The van der Waals surface area contributed by atoms with Gasteiger partial charge in [0.25, 0.3) is 0 Å². The molecular formula is C21H31N3O3. The van der Waals surface area contributed by atoms with Crippen LogP contribution < -0.4 is 0 Å². The van der Waals surface area contributed by atoms with Gasteiger partial charge in [0, 0.05) is 33.3 Å². The Hall–Kier alpha value is -2.08. The summed E-state index contributed by atoms with van der Waals surface area (Å²) in [5.74, 6) is 0.406. The molecule has 1 aromatic rings. The molecule has 2 saturated heterocycles. The summed E-state index contributed by atoms with van der Waals surface area (Å²) in [6.07, 6.45) is 0.697. The average Bonchev–Trinajstić information content (AvgIpc) is 2.91. The van der Waals surface area contributed by atoms with Gasteiger partial charge in [-0.05, 0) is 24.8 Å². The van der Waals surface area contributed by atoms with E-state index in [0.717, 1.165) is 5.56 Å². The fraction of sp³-hybridized carbons (Fsp3) is 0.619. The van der Waals surface area contributed by atoms with E-state index >= 15 is 0 Å². The standard InChI is InChI=1S/C21H31N3O3/c1-15(2)10-19-20(25)22(8-9-27-4)13-18-14-23(21(26)24(18)19)12-17-7-5-6-16(3)11-17/h5-7,11,15,18-19H,8-10,12-14H2,1-4H3/t18-,19-/m0/s1. The van der Waals surface area contributed by atoms with Gasteiger partial charge in [0.15, 0.2) is 0 Å². The molecule has 0 aliphatic carbocycles. The van der Waals surface area contributed by atoms with Crippen LogP contribution in [0.2, 0.25) is 0 Å². The maximum absolute atomic E-state index is 13.1. The number of methoxy groups -OCH3 is 1. The van der Waals surface area contributed by atoms with E-state index in [4.69, 9.17) is 4.74 Å². The zero-order chi connectivity index (χ0) is 19.6. The molecule has 3 amide bonds. The number of aryl methyl sites for hydroxylation is 1. The predicted octanol–water partition coefficient (Wildman–Crippen LogP) is 2.50. The molecule has 0 N–H and O–H groups in total. The topological polar surface area (TPSA) is 53.1 Å². The van der Waals surface area contributed by atoms with Crippen molar-refractivity contribution in [3.8, 4) is 0 Å². The fourth-order valence-electron chi connectivity index (χ4n) is 4.17. The second-order valence-electron chi connectivity index (χ2n) is 8.14. The summed E-state index contributed by atoms with van der Waals surface area (Å²) in [5, 5.41) is 0. The summed E-state index contributed by atoms with van der Waals surface area (Å²) in [6, 6.07) is 7.94. The minimum atomic E-state index is -0.365. The van der Waals surface area contributed by atoms with E-state index in [1.807, 2.05) is 20.8 Å². The third kappa shape index (κ3) is 4.26. The van der Waals surface area contributed by atoms with Crippen molar-refractivity contribution in [2.45, 2.75) is 45.8 Å². The van der Waals surface area contributed by atoms with Crippen LogP contribution in [0.25, 0.3) is 0 Å². The molecule has 6 heteroatoms. The molecular weight excluding hydrogens is 342 g/mol. The summed E-state index contributed by atoms with van der Waals surface area (Å²) in [4.78, 5) is 31.8. The Bertz CT molecular complexity index is 691. The van der Waals surface area contributed by atoms with E-state index < -0.39 is 0 Å². The van der Waals surface area contributed by atoms with Crippen LogP contribution in [-0.4, -0.2) is 72.1 Å². The molecule has 0 saturated carbocycles. The number of fused-ring (bicyclic) bond motifs is 1. The van der Waals surface area contributed by atoms with Crippen molar-refractivity contribution in [1.29, 1.82) is 0 Å². The Labute approximate surface area is 162 Å². The largest absolute Gasteiger partial charge is 0.383 e. The molecule has 2 aliphatic heterocycles. The lowest BCUT2D eigenvalue weighted by atomic mass is 9.97. The van der Waals surface area contributed by atoms with E-state index in [1.165, 1.54) is 5.56 Å². The number of amides is 3. The van der Waals surface area contributed by atoms with Gasteiger partial charge in [-0.2, -0.15) is 0 Å². The number of rotatable bonds is 7. The Morgan fingerprint density at radius 2 is 1.93 bits per heavy atom. The number of ether oxygens (including phenoxy) is 1. The minimum Gasteiger partial charge on any atom is -0.383 e. The summed E-state index contributed by atoms with van der Waals surface area (Å²) in [7, 11) is 1.65. The molecule has 2 aliphatic rings.